The van der Waals surface area contributed by atoms with E-state index in [2.05, 4.69) is 9.55 Å². The van der Waals surface area contributed by atoms with Gasteiger partial charge in [-0.05, 0) is 55.7 Å². The maximum Gasteiger partial charge on any atom is 0.254 e. The number of hydrogen-bond acceptors (Lipinski definition) is 4. The van der Waals surface area contributed by atoms with Crippen molar-refractivity contribution in [1.82, 2.24) is 14.5 Å². The van der Waals surface area contributed by atoms with E-state index in [1.165, 1.54) is 0 Å². The number of aromatic nitrogens is 2. The zero-order chi connectivity index (χ0) is 22.8. The minimum Gasteiger partial charge on any atom is -0.488 e. The highest BCUT2D eigenvalue weighted by atomic mass is 35.5. The Hall–Kier alpha value is -2.83. The summed E-state index contributed by atoms with van der Waals surface area (Å²) in [5, 5.41) is 0.686. The molecular weight excluding hydrogens is 438 g/mol. The second-order valence-corrected chi connectivity index (χ2v) is 9.42. The van der Waals surface area contributed by atoms with Crippen molar-refractivity contribution in [1.29, 1.82) is 0 Å². The number of piperidine rings is 1. The van der Waals surface area contributed by atoms with E-state index in [4.69, 9.17) is 21.1 Å². The molecule has 2 aromatic carbocycles. The molecule has 5 rings (SSSR count). The normalized spacial score (nSPS) is 22.6. The van der Waals surface area contributed by atoms with Crippen LogP contribution in [0.1, 0.15) is 41.0 Å². The maximum absolute atomic E-state index is 13.6. The van der Waals surface area contributed by atoms with Gasteiger partial charge in [0.05, 0.1) is 18.8 Å². The lowest BCUT2D eigenvalue weighted by Crippen LogP contribution is -2.50. The van der Waals surface area contributed by atoms with E-state index >= 15 is 0 Å². The van der Waals surface area contributed by atoms with Crippen LogP contribution < -0.4 is 4.74 Å². The first-order valence-electron chi connectivity index (χ1n) is 11.4. The Balaban J connectivity index is 1.28. The third-order valence-electron chi connectivity index (χ3n) is 6.63. The number of benzene rings is 2. The third-order valence-corrected chi connectivity index (χ3v) is 6.88. The molecule has 2 aliphatic rings. The van der Waals surface area contributed by atoms with Crippen molar-refractivity contribution in [2.45, 2.75) is 44.4 Å². The zero-order valence-corrected chi connectivity index (χ0v) is 19.5. The largest absolute Gasteiger partial charge is 0.488 e. The molecule has 0 bridgehead atoms. The van der Waals surface area contributed by atoms with Crippen LogP contribution in [0, 0.1) is 6.92 Å². The van der Waals surface area contributed by atoms with Gasteiger partial charge in [-0.1, -0.05) is 29.8 Å². The summed E-state index contributed by atoms with van der Waals surface area (Å²) in [4.78, 5) is 19.8. The van der Waals surface area contributed by atoms with Crippen molar-refractivity contribution < 1.29 is 14.3 Å². The Labute approximate surface area is 199 Å². The molecule has 0 N–H and O–H groups in total. The number of imidazole rings is 1. The maximum atomic E-state index is 13.6. The van der Waals surface area contributed by atoms with Crippen LogP contribution in [-0.2, 0) is 11.3 Å². The van der Waals surface area contributed by atoms with Gasteiger partial charge in [-0.2, -0.15) is 0 Å². The van der Waals surface area contributed by atoms with Crippen LogP contribution in [0.4, 0.5) is 0 Å². The summed E-state index contributed by atoms with van der Waals surface area (Å²) < 4.78 is 14.5. The van der Waals surface area contributed by atoms with Gasteiger partial charge < -0.3 is 18.9 Å². The summed E-state index contributed by atoms with van der Waals surface area (Å²) >= 11 is 5.98. The minimum atomic E-state index is -0.346. The second-order valence-electron chi connectivity index (χ2n) is 8.98. The highest BCUT2D eigenvalue weighted by Gasteiger charge is 2.45. The van der Waals surface area contributed by atoms with Gasteiger partial charge in [0.15, 0.2) is 0 Å². The molecule has 0 aliphatic carbocycles. The van der Waals surface area contributed by atoms with Crippen molar-refractivity contribution in [2.75, 3.05) is 19.7 Å². The van der Waals surface area contributed by atoms with Crippen LogP contribution in [-0.4, -0.2) is 51.8 Å². The van der Waals surface area contributed by atoms with Crippen molar-refractivity contribution in [3.63, 3.8) is 0 Å². The van der Waals surface area contributed by atoms with Crippen molar-refractivity contribution in [2.24, 2.45) is 0 Å². The fraction of sp³-hybridized carbons (Fsp3) is 0.385. The number of amides is 1. The SMILES string of the molecule is Cc1nccn1Cc1ccccc1C(=O)N1CCC[C@]2(C[C@@H](Oc3ccc(Cl)cc3)CO2)C1. The standard InChI is InChI=1S/C26H28ClN3O3/c1-19-28-12-14-29(19)16-20-5-2-3-6-24(20)25(31)30-13-4-11-26(18-30)15-23(17-32-26)33-22-9-7-21(27)8-10-22/h2-3,5-10,12,14,23H,4,11,13,15-18H2,1H3/t23-,26+/m1/s1. The molecule has 1 spiro atoms. The van der Waals surface area contributed by atoms with Crippen LogP contribution in [0.25, 0.3) is 0 Å². The first kappa shape index (κ1) is 22.0. The Morgan fingerprint density at radius 1 is 1.24 bits per heavy atom. The number of carbonyl (C=O) groups is 1. The summed E-state index contributed by atoms with van der Waals surface area (Å²) in [5.74, 6) is 1.78. The summed E-state index contributed by atoms with van der Waals surface area (Å²) in [6.45, 7) is 4.45. The van der Waals surface area contributed by atoms with Crippen LogP contribution in [0.3, 0.4) is 0 Å². The lowest BCUT2D eigenvalue weighted by Gasteiger charge is -2.39. The van der Waals surface area contributed by atoms with E-state index in [1.54, 1.807) is 6.20 Å². The lowest BCUT2D eigenvalue weighted by molar-refractivity contribution is -0.0453. The number of hydrogen-bond donors (Lipinski definition) is 0. The van der Waals surface area contributed by atoms with Gasteiger partial charge in [0.2, 0.25) is 0 Å². The number of likely N-dealkylation sites (tertiary alicyclic amines) is 1. The van der Waals surface area contributed by atoms with E-state index in [0.717, 1.165) is 48.5 Å². The molecule has 0 unspecified atom stereocenters. The summed E-state index contributed by atoms with van der Waals surface area (Å²) in [6, 6.07) is 15.3. The number of nitrogens with zero attached hydrogens (tertiary/aromatic N) is 3. The van der Waals surface area contributed by atoms with Crippen molar-refractivity contribution in [3.05, 3.63) is 82.9 Å². The highest BCUT2D eigenvalue weighted by molar-refractivity contribution is 6.30. The topological polar surface area (TPSA) is 56.6 Å². The molecule has 33 heavy (non-hydrogen) atoms. The van der Waals surface area contributed by atoms with E-state index in [-0.39, 0.29) is 17.6 Å². The van der Waals surface area contributed by atoms with Gasteiger partial charge >= 0.3 is 0 Å². The molecule has 2 fully saturated rings. The van der Waals surface area contributed by atoms with E-state index < -0.39 is 0 Å². The minimum absolute atomic E-state index is 0.0299. The number of halogens is 1. The number of carbonyl (C=O) groups excluding carboxylic acids is 1. The number of ether oxygens (including phenoxy) is 2. The summed E-state index contributed by atoms with van der Waals surface area (Å²) in [5.41, 5.74) is 1.40. The van der Waals surface area contributed by atoms with E-state index in [0.29, 0.717) is 24.7 Å². The van der Waals surface area contributed by atoms with Crippen LogP contribution in [0.15, 0.2) is 60.9 Å². The quantitative estimate of drug-likeness (QED) is 0.546. The van der Waals surface area contributed by atoms with Crippen molar-refractivity contribution in [3.8, 4) is 5.75 Å². The molecular formula is C26H28ClN3O3. The van der Waals surface area contributed by atoms with Crippen LogP contribution in [0.2, 0.25) is 5.02 Å². The molecule has 3 heterocycles. The molecule has 2 atom stereocenters. The molecule has 1 aromatic heterocycles. The molecule has 2 aliphatic heterocycles. The molecule has 1 amide bonds. The first-order valence-corrected chi connectivity index (χ1v) is 11.8. The number of aryl methyl sites for hydroxylation is 1. The molecule has 7 heteroatoms. The highest BCUT2D eigenvalue weighted by Crippen LogP contribution is 2.37. The van der Waals surface area contributed by atoms with Gasteiger partial charge in [0.1, 0.15) is 17.7 Å². The molecule has 172 valence electrons. The van der Waals surface area contributed by atoms with Gasteiger partial charge in [-0.25, -0.2) is 4.98 Å². The third kappa shape index (κ3) is 4.77. The fourth-order valence-electron chi connectivity index (χ4n) is 4.93. The van der Waals surface area contributed by atoms with Gasteiger partial charge in [0, 0.05) is 42.5 Å². The molecule has 0 saturated carbocycles. The molecule has 0 radical (unpaired) electrons. The Bertz CT molecular complexity index is 1130. The predicted octanol–water partition coefficient (Wildman–Crippen LogP) is 4.74. The molecule has 3 aromatic rings. The van der Waals surface area contributed by atoms with Crippen LogP contribution >= 0.6 is 11.6 Å². The fourth-order valence-corrected chi connectivity index (χ4v) is 5.06. The average molecular weight is 466 g/mol. The summed E-state index contributed by atoms with van der Waals surface area (Å²) in [6.07, 6.45) is 6.33. The van der Waals surface area contributed by atoms with E-state index in [1.807, 2.05) is 66.6 Å². The van der Waals surface area contributed by atoms with Crippen molar-refractivity contribution >= 4 is 17.5 Å². The monoisotopic (exact) mass is 465 g/mol. The Morgan fingerprint density at radius 3 is 2.85 bits per heavy atom. The Kier molecular flexibility index (Phi) is 6.13. The zero-order valence-electron chi connectivity index (χ0n) is 18.7. The van der Waals surface area contributed by atoms with Crippen LogP contribution in [0.5, 0.6) is 5.75 Å². The smallest absolute Gasteiger partial charge is 0.254 e. The first-order chi connectivity index (χ1) is 16.0. The van der Waals surface area contributed by atoms with Gasteiger partial charge in [-0.15, -0.1) is 0 Å². The molecule has 6 nitrogen and oxygen atoms in total. The lowest BCUT2D eigenvalue weighted by atomic mass is 9.88. The Morgan fingerprint density at radius 2 is 2.06 bits per heavy atom. The second kappa shape index (κ2) is 9.20. The van der Waals surface area contributed by atoms with Gasteiger partial charge in [-0.3, -0.25) is 4.79 Å². The molecule has 2 saturated heterocycles. The number of rotatable bonds is 5. The van der Waals surface area contributed by atoms with E-state index in [9.17, 15) is 4.79 Å². The average Bonchev–Trinajstić information content (AvgIpc) is 3.41. The van der Waals surface area contributed by atoms with Gasteiger partial charge in [0.25, 0.3) is 5.91 Å². The predicted molar refractivity (Wildman–Crippen MR) is 127 cm³/mol. The summed E-state index contributed by atoms with van der Waals surface area (Å²) in [7, 11) is 0.